The normalized spacial score (nSPS) is 17.4. The number of para-hydroxylation sites is 1. The Morgan fingerprint density at radius 1 is 1.39 bits per heavy atom. The molecule has 1 fully saturated rings. The Kier molecular flexibility index (Phi) is 3.48. The third-order valence-corrected chi connectivity index (χ3v) is 4.71. The monoisotopic (exact) mass is 284 g/mol. The summed E-state index contributed by atoms with van der Waals surface area (Å²) in [5.41, 5.74) is 1.33. The fourth-order valence-corrected chi connectivity index (χ4v) is 3.85. The lowest BCUT2D eigenvalue weighted by molar-refractivity contribution is 0.470. The number of halogens is 2. The summed E-state index contributed by atoms with van der Waals surface area (Å²) >= 11 is 7.94. The molecule has 5 heteroatoms. The number of nitrogens with zero attached hydrogens (tertiary/aromatic N) is 2. The molecule has 1 aromatic heterocycles. The Balaban J connectivity index is 2.16. The first-order valence-corrected chi connectivity index (χ1v) is 7.79. The van der Waals surface area contributed by atoms with Crippen LogP contribution in [0.4, 0.5) is 4.39 Å². The summed E-state index contributed by atoms with van der Waals surface area (Å²) in [6, 6.07) is 5.54. The van der Waals surface area contributed by atoms with E-state index in [1.54, 1.807) is 6.07 Å². The van der Waals surface area contributed by atoms with Crippen LogP contribution in [0.1, 0.15) is 24.7 Å². The Hall–Kier alpha value is -0.740. The molecule has 2 nitrogen and oxygen atoms in total. The summed E-state index contributed by atoms with van der Waals surface area (Å²) in [4.78, 5) is 4.36. The van der Waals surface area contributed by atoms with Gasteiger partial charge in [-0.3, -0.25) is 0 Å². The molecule has 18 heavy (non-hydrogen) atoms. The van der Waals surface area contributed by atoms with Crippen LogP contribution >= 0.6 is 23.4 Å². The van der Waals surface area contributed by atoms with Gasteiger partial charge in [0, 0.05) is 6.04 Å². The molecule has 0 N–H and O–H groups in total. The van der Waals surface area contributed by atoms with Crippen LogP contribution in [0.2, 0.25) is 0 Å². The average molecular weight is 285 g/mol. The third-order valence-electron chi connectivity index (χ3n) is 3.42. The summed E-state index contributed by atoms with van der Waals surface area (Å²) < 4.78 is 15.9. The first-order valence-electron chi connectivity index (χ1n) is 6.10. The standard InChI is InChI=1S/C13H14ClFN2S/c14-8-12-16-13-10(15)2-1-3-11(13)17(12)9-4-6-18-7-5-9/h1-3,9H,4-8H2. The molecule has 0 aliphatic carbocycles. The second kappa shape index (κ2) is 5.10. The second-order valence-corrected chi connectivity index (χ2v) is 5.97. The summed E-state index contributed by atoms with van der Waals surface area (Å²) in [7, 11) is 0. The maximum Gasteiger partial charge on any atom is 0.151 e. The van der Waals surface area contributed by atoms with Gasteiger partial charge in [-0.2, -0.15) is 11.8 Å². The van der Waals surface area contributed by atoms with Crippen molar-refractivity contribution in [1.82, 2.24) is 9.55 Å². The zero-order valence-corrected chi connectivity index (χ0v) is 11.5. The molecule has 96 valence electrons. The van der Waals surface area contributed by atoms with E-state index in [1.165, 1.54) is 6.07 Å². The Labute approximate surface area is 115 Å². The maximum atomic E-state index is 13.8. The molecule has 0 bridgehead atoms. The maximum absolute atomic E-state index is 13.8. The smallest absolute Gasteiger partial charge is 0.151 e. The molecule has 0 spiro atoms. The predicted octanol–water partition coefficient (Wildman–Crippen LogP) is 3.98. The van der Waals surface area contributed by atoms with Gasteiger partial charge < -0.3 is 4.57 Å². The summed E-state index contributed by atoms with van der Waals surface area (Å²) in [5, 5.41) is 0. The van der Waals surface area contributed by atoms with Crippen molar-refractivity contribution in [3.63, 3.8) is 0 Å². The van der Waals surface area contributed by atoms with Crippen LogP contribution in [0.5, 0.6) is 0 Å². The topological polar surface area (TPSA) is 17.8 Å². The lowest BCUT2D eigenvalue weighted by Gasteiger charge is -2.25. The van der Waals surface area contributed by atoms with Crippen molar-refractivity contribution in [3.8, 4) is 0 Å². The molecule has 1 aliphatic heterocycles. The highest BCUT2D eigenvalue weighted by molar-refractivity contribution is 7.99. The molecule has 2 aromatic rings. The Morgan fingerprint density at radius 3 is 2.89 bits per heavy atom. The highest BCUT2D eigenvalue weighted by Crippen LogP contribution is 2.32. The van der Waals surface area contributed by atoms with E-state index in [-0.39, 0.29) is 5.82 Å². The van der Waals surface area contributed by atoms with Crippen molar-refractivity contribution in [2.75, 3.05) is 11.5 Å². The van der Waals surface area contributed by atoms with Crippen molar-refractivity contribution in [2.24, 2.45) is 0 Å². The van der Waals surface area contributed by atoms with Crippen LogP contribution in [0.25, 0.3) is 11.0 Å². The number of imidazole rings is 1. The van der Waals surface area contributed by atoms with Gasteiger partial charge >= 0.3 is 0 Å². The Bertz CT molecular complexity index is 563. The van der Waals surface area contributed by atoms with Crippen molar-refractivity contribution in [2.45, 2.75) is 24.8 Å². The number of thioether (sulfide) groups is 1. The minimum absolute atomic E-state index is 0.261. The summed E-state index contributed by atoms with van der Waals surface area (Å²) in [5.74, 6) is 3.16. The fraction of sp³-hybridized carbons (Fsp3) is 0.462. The van der Waals surface area contributed by atoms with E-state index in [0.29, 0.717) is 17.4 Å². The van der Waals surface area contributed by atoms with Gasteiger partial charge in [-0.15, -0.1) is 11.6 Å². The molecular formula is C13H14ClFN2S. The average Bonchev–Trinajstić information content (AvgIpc) is 2.80. The highest BCUT2D eigenvalue weighted by Gasteiger charge is 2.22. The van der Waals surface area contributed by atoms with Gasteiger partial charge in [0.15, 0.2) is 5.82 Å². The minimum atomic E-state index is -0.261. The van der Waals surface area contributed by atoms with Gasteiger partial charge in [-0.05, 0) is 36.5 Å². The molecule has 0 unspecified atom stereocenters. The minimum Gasteiger partial charge on any atom is -0.324 e. The van der Waals surface area contributed by atoms with Crippen molar-refractivity contribution in [3.05, 3.63) is 29.8 Å². The molecule has 1 aliphatic rings. The molecule has 3 rings (SSSR count). The predicted molar refractivity (Wildman–Crippen MR) is 74.8 cm³/mol. The van der Waals surface area contributed by atoms with E-state index >= 15 is 0 Å². The number of fused-ring (bicyclic) bond motifs is 1. The lowest BCUT2D eigenvalue weighted by atomic mass is 10.1. The van der Waals surface area contributed by atoms with Crippen molar-refractivity contribution in [1.29, 1.82) is 0 Å². The SMILES string of the molecule is Fc1cccc2c1nc(CCl)n2C1CCSCC1. The van der Waals surface area contributed by atoms with E-state index in [1.807, 2.05) is 17.8 Å². The molecular weight excluding hydrogens is 271 g/mol. The number of aromatic nitrogens is 2. The first kappa shape index (κ1) is 12.3. The van der Waals surface area contributed by atoms with Gasteiger partial charge in [-0.1, -0.05) is 6.07 Å². The van der Waals surface area contributed by atoms with Crippen molar-refractivity contribution >= 4 is 34.4 Å². The third kappa shape index (κ3) is 2.01. The zero-order chi connectivity index (χ0) is 12.5. The van der Waals surface area contributed by atoms with E-state index in [4.69, 9.17) is 11.6 Å². The number of hydrogen-bond acceptors (Lipinski definition) is 2. The van der Waals surface area contributed by atoms with Gasteiger partial charge in [0.1, 0.15) is 11.3 Å². The van der Waals surface area contributed by atoms with Crippen molar-refractivity contribution < 1.29 is 4.39 Å². The molecule has 0 saturated carbocycles. The molecule has 0 atom stereocenters. The van der Waals surface area contributed by atoms with Gasteiger partial charge in [-0.25, -0.2) is 9.37 Å². The van der Waals surface area contributed by atoms with Gasteiger partial charge in [0.05, 0.1) is 11.4 Å². The quantitative estimate of drug-likeness (QED) is 0.776. The van der Waals surface area contributed by atoms with Crippen LogP contribution in [0, 0.1) is 5.82 Å². The Morgan fingerprint density at radius 2 is 2.17 bits per heavy atom. The van der Waals surface area contributed by atoms with Crippen LogP contribution in [0.15, 0.2) is 18.2 Å². The van der Waals surface area contributed by atoms with E-state index < -0.39 is 0 Å². The second-order valence-electron chi connectivity index (χ2n) is 4.48. The molecule has 1 aromatic carbocycles. The molecule has 0 amide bonds. The molecule has 0 radical (unpaired) electrons. The zero-order valence-electron chi connectivity index (χ0n) is 9.90. The van der Waals surface area contributed by atoms with Crippen LogP contribution in [0.3, 0.4) is 0 Å². The summed E-state index contributed by atoms with van der Waals surface area (Å²) in [6.07, 6.45) is 2.22. The first-order chi connectivity index (χ1) is 8.81. The highest BCUT2D eigenvalue weighted by atomic mass is 35.5. The number of hydrogen-bond donors (Lipinski definition) is 0. The van der Waals surface area contributed by atoms with Crippen LogP contribution < -0.4 is 0 Å². The summed E-state index contributed by atoms with van der Waals surface area (Å²) in [6.45, 7) is 0. The number of benzene rings is 1. The van der Waals surface area contributed by atoms with E-state index in [2.05, 4.69) is 9.55 Å². The fourth-order valence-electron chi connectivity index (χ4n) is 2.58. The number of rotatable bonds is 2. The number of alkyl halides is 1. The lowest BCUT2D eigenvalue weighted by Crippen LogP contribution is -2.17. The molecule has 1 saturated heterocycles. The molecule has 2 heterocycles. The van der Waals surface area contributed by atoms with Crippen LogP contribution in [-0.2, 0) is 5.88 Å². The largest absolute Gasteiger partial charge is 0.324 e. The van der Waals surface area contributed by atoms with Gasteiger partial charge in [0.2, 0.25) is 0 Å². The van der Waals surface area contributed by atoms with E-state index in [9.17, 15) is 4.39 Å². The van der Waals surface area contributed by atoms with Crippen LogP contribution in [-0.4, -0.2) is 21.1 Å². The van der Waals surface area contributed by atoms with E-state index in [0.717, 1.165) is 35.7 Å². The van der Waals surface area contributed by atoms with Gasteiger partial charge in [0.25, 0.3) is 0 Å².